The number of hydrogen-bond donors (Lipinski definition) is 4. The fraction of sp³-hybridized carbons (Fsp3) is 0.571. The maximum atomic E-state index is 12.8. The smallest absolute Gasteiger partial charge is 0.411 e. The fourth-order valence-electron chi connectivity index (χ4n) is 6.60. The molecule has 2 amide bonds. The number of anilines is 1. The first-order chi connectivity index (χ1) is 17.7. The van der Waals surface area contributed by atoms with Crippen LogP contribution >= 0.6 is 0 Å². The summed E-state index contributed by atoms with van der Waals surface area (Å²) in [5, 5.41) is 27.2. The van der Waals surface area contributed by atoms with E-state index in [0.29, 0.717) is 49.4 Å². The highest BCUT2D eigenvalue weighted by Crippen LogP contribution is 2.61. The minimum Gasteiger partial charge on any atom is -0.497 e. The summed E-state index contributed by atoms with van der Waals surface area (Å²) in [6.07, 6.45) is 2.44. The first-order valence-electron chi connectivity index (χ1n) is 12.9. The minimum absolute atomic E-state index is 0.0381. The summed E-state index contributed by atoms with van der Waals surface area (Å²) in [5.74, 6) is 0.888. The molecule has 2 fully saturated rings. The molecule has 0 radical (unpaired) electrons. The van der Waals surface area contributed by atoms with Crippen LogP contribution in [0.25, 0.3) is 0 Å². The molecule has 0 bridgehead atoms. The molecule has 202 valence electrons. The van der Waals surface area contributed by atoms with E-state index in [1.165, 1.54) is 0 Å². The Kier molecular flexibility index (Phi) is 8.14. The highest BCUT2D eigenvalue weighted by Gasteiger charge is 2.60. The largest absolute Gasteiger partial charge is 0.497 e. The number of carbonyl (C=O) groups is 2. The summed E-state index contributed by atoms with van der Waals surface area (Å²) in [6, 6.07) is 10.5. The Morgan fingerprint density at radius 3 is 2.54 bits per heavy atom. The number of aliphatic hydroxyl groups is 2. The van der Waals surface area contributed by atoms with Crippen molar-refractivity contribution in [2.75, 3.05) is 19.0 Å². The molecule has 4 rings (SSSR count). The van der Waals surface area contributed by atoms with E-state index >= 15 is 0 Å². The van der Waals surface area contributed by atoms with Gasteiger partial charge in [0.05, 0.1) is 32.6 Å². The van der Waals surface area contributed by atoms with Crippen LogP contribution in [0.1, 0.15) is 51.7 Å². The summed E-state index contributed by atoms with van der Waals surface area (Å²) < 4.78 is 16.3. The highest BCUT2D eigenvalue weighted by atomic mass is 16.6. The minimum atomic E-state index is -0.715. The molecule has 1 heterocycles. The maximum Gasteiger partial charge on any atom is 0.411 e. The van der Waals surface area contributed by atoms with Gasteiger partial charge in [-0.05, 0) is 79.3 Å². The lowest BCUT2D eigenvalue weighted by atomic mass is 9.46. The first kappa shape index (κ1) is 27.0. The van der Waals surface area contributed by atoms with E-state index in [0.717, 1.165) is 0 Å². The molecule has 9 nitrogen and oxygen atoms in total. The van der Waals surface area contributed by atoms with E-state index in [1.54, 1.807) is 49.8 Å². The van der Waals surface area contributed by atoms with Crippen molar-refractivity contribution >= 4 is 17.7 Å². The number of furan rings is 1. The molecular weight excluding hydrogens is 476 g/mol. The van der Waals surface area contributed by atoms with E-state index in [-0.39, 0.29) is 30.8 Å². The SMILES string of the molecule is COc1ccc(NC(=O)O[C@@H]2CC[C@]3(C)[C@H](CC[C@@H](O)[C@H]3CC(=O)NCc3ccco3)[C@]2(C)CO)cc1. The van der Waals surface area contributed by atoms with E-state index in [2.05, 4.69) is 17.6 Å². The summed E-state index contributed by atoms with van der Waals surface area (Å²) in [5.41, 5.74) is -0.532. The van der Waals surface area contributed by atoms with Crippen LogP contribution in [0.5, 0.6) is 5.75 Å². The molecule has 0 saturated heterocycles. The van der Waals surface area contributed by atoms with Crippen molar-refractivity contribution in [1.29, 1.82) is 0 Å². The second kappa shape index (κ2) is 11.1. The van der Waals surface area contributed by atoms with Crippen molar-refractivity contribution < 1.29 is 33.7 Å². The van der Waals surface area contributed by atoms with Gasteiger partial charge in [-0.25, -0.2) is 4.79 Å². The molecule has 2 aromatic rings. The zero-order chi connectivity index (χ0) is 26.6. The molecule has 1 aromatic carbocycles. The number of nitrogens with one attached hydrogen (secondary N) is 2. The van der Waals surface area contributed by atoms with Gasteiger partial charge in [0.15, 0.2) is 0 Å². The van der Waals surface area contributed by atoms with Crippen LogP contribution < -0.4 is 15.4 Å². The molecule has 37 heavy (non-hydrogen) atoms. The first-order valence-corrected chi connectivity index (χ1v) is 12.9. The van der Waals surface area contributed by atoms with Gasteiger partial charge in [-0.1, -0.05) is 13.8 Å². The zero-order valence-corrected chi connectivity index (χ0v) is 21.7. The van der Waals surface area contributed by atoms with Crippen molar-refractivity contribution in [3.8, 4) is 5.75 Å². The third-order valence-electron chi connectivity index (χ3n) is 8.71. The van der Waals surface area contributed by atoms with Crippen molar-refractivity contribution in [3.05, 3.63) is 48.4 Å². The number of methoxy groups -OCH3 is 1. The zero-order valence-electron chi connectivity index (χ0n) is 21.7. The number of carbonyl (C=O) groups excluding carboxylic acids is 2. The Hall–Kier alpha value is -3.04. The normalized spacial score (nSPS) is 31.2. The number of rotatable bonds is 8. The van der Waals surface area contributed by atoms with Crippen LogP contribution in [0.15, 0.2) is 47.1 Å². The predicted octanol–water partition coefficient (Wildman–Crippen LogP) is 4.10. The van der Waals surface area contributed by atoms with E-state index in [1.807, 2.05) is 6.92 Å². The molecule has 1 aromatic heterocycles. The molecule has 0 unspecified atom stereocenters. The van der Waals surface area contributed by atoms with Crippen LogP contribution in [-0.2, 0) is 16.1 Å². The van der Waals surface area contributed by atoms with E-state index in [4.69, 9.17) is 13.9 Å². The van der Waals surface area contributed by atoms with Gasteiger partial charge in [-0.2, -0.15) is 0 Å². The molecular formula is C28H38N2O7. The van der Waals surface area contributed by atoms with Crippen molar-refractivity contribution in [2.45, 2.75) is 64.7 Å². The van der Waals surface area contributed by atoms with Gasteiger partial charge in [-0.15, -0.1) is 0 Å². The van der Waals surface area contributed by atoms with Crippen LogP contribution in [-0.4, -0.2) is 48.1 Å². The number of fused-ring (bicyclic) bond motifs is 1. The Labute approximate surface area is 217 Å². The van der Waals surface area contributed by atoms with Crippen LogP contribution in [0.2, 0.25) is 0 Å². The number of aliphatic hydroxyl groups excluding tert-OH is 2. The lowest BCUT2D eigenvalue weighted by Gasteiger charge is -2.60. The van der Waals surface area contributed by atoms with Crippen LogP contribution in [0.3, 0.4) is 0 Å². The Morgan fingerprint density at radius 2 is 1.89 bits per heavy atom. The van der Waals surface area contributed by atoms with Gasteiger partial charge < -0.3 is 29.4 Å². The van der Waals surface area contributed by atoms with Crippen molar-refractivity contribution in [3.63, 3.8) is 0 Å². The summed E-state index contributed by atoms with van der Waals surface area (Å²) in [7, 11) is 1.57. The Balaban J connectivity index is 1.44. The standard InChI is InChI=1S/C28H38N2O7/c1-27-13-12-24(37-26(34)30-18-6-8-19(35-3)9-7-18)28(2,17-31)23(27)11-10-22(32)21(27)15-25(33)29-16-20-5-4-14-36-20/h4-9,14,21-24,31-32H,10-13,15-17H2,1-3H3,(H,29,33)(H,30,34)/t21-,22-,23+,24-,27+,28+/m1/s1. The molecule has 2 aliphatic rings. The number of hydrogen-bond acceptors (Lipinski definition) is 7. The number of benzene rings is 1. The molecule has 6 atom stereocenters. The fourth-order valence-corrected chi connectivity index (χ4v) is 6.60. The highest BCUT2D eigenvalue weighted by molar-refractivity contribution is 5.84. The third kappa shape index (κ3) is 5.62. The monoisotopic (exact) mass is 514 g/mol. The lowest BCUT2D eigenvalue weighted by Crippen LogP contribution is -2.61. The molecule has 0 spiro atoms. The van der Waals surface area contributed by atoms with Crippen molar-refractivity contribution in [2.24, 2.45) is 22.7 Å². The topological polar surface area (TPSA) is 130 Å². The maximum absolute atomic E-state index is 12.8. The third-order valence-corrected chi connectivity index (χ3v) is 8.71. The summed E-state index contributed by atoms with van der Waals surface area (Å²) in [4.78, 5) is 25.6. The quantitative estimate of drug-likeness (QED) is 0.417. The van der Waals surface area contributed by atoms with E-state index in [9.17, 15) is 19.8 Å². The van der Waals surface area contributed by atoms with E-state index < -0.39 is 29.1 Å². The van der Waals surface area contributed by atoms with Crippen molar-refractivity contribution in [1.82, 2.24) is 5.32 Å². The molecule has 4 N–H and O–H groups in total. The van der Waals surface area contributed by atoms with Gasteiger partial charge >= 0.3 is 6.09 Å². The van der Waals surface area contributed by atoms with Gasteiger partial charge in [0, 0.05) is 17.5 Å². The average Bonchev–Trinajstić information content (AvgIpc) is 3.41. The molecule has 2 aliphatic carbocycles. The van der Waals surface area contributed by atoms with Gasteiger partial charge in [0.2, 0.25) is 5.91 Å². The van der Waals surface area contributed by atoms with Crippen LogP contribution in [0.4, 0.5) is 10.5 Å². The van der Waals surface area contributed by atoms with Gasteiger partial charge in [0.1, 0.15) is 17.6 Å². The van der Waals surface area contributed by atoms with Gasteiger partial charge in [0.25, 0.3) is 0 Å². The number of ether oxygens (including phenoxy) is 2. The molecule has 2 saturated carbocycles. The molecule has 9 heteroatoms. The average molecular weight is 515 g/mol. The Morgan fingerprint density at radius 1 is 1.14 bits per heavy atom. The second-order valence-corrected chi connectivity index (χ2v) is 10.8. The number of amides is 2. The van der Waals surface area contributed by atoms with Gasteiger partial charge in [-0.3, -0.25) is 10.1 Å². The Bertz CT molecular complexity index is 1060. The lowest BCUT2D eigenvalue weighted by molar-refractivity contribution is -0.185. The summed E-state index contributed by atoms with van der Waals surface area (Å²) >= 11 is 0. The van der Waals surface area contributed by atoms with Crippen LogP contribution in [0, 0.1) is 22.7 Å². The predicted molar refractivity (Wildman–Crippen MR) is 137 cm³/mol. The second-order valence-electron chi connectivity index (χ2n) is 10.8. The molecule has 0 aliphatic heterocycles. The summed E-state index contributed by atoms with van der Waals surface area (Å²) in [6.45, 7) is 4.18.